The lowest BCUT2D eigenvalue weighted by molar-refractivity contribution is -0.220. The lowest BCUT2D eigenvalue weighted by Gasteiger charge is -2.41. The van der Waals surface area contributed by atoms with Crippen LogP contribution >= 0.6 is 7.82 Å². The Morgan fingerprint density at radius 2 is 0.915 bits per heavy atom. The van der Waals surface area contributed by atoms with Gasteiger partial charge in [-0.3, -0.25) is 18.6 Å². The van der Waals surface area contributed by atoms with Crippen molar-refractivity contribution in [2.24, 2.45) is 0 Å². The summed E-state index contributed by atoms with van der Waals surface area (Å²) in [4.78, 5) is 35.6. The van der Waals surface area contributed by atoms with Crippen LogP contribution in [-0.2, 0) is 32.7 Å². The molecule has 14 heteroatoms. The summed E-state index contributed by atoms with van der Waals surface area (Å²) in [5.41, 5.74) is 0. The largest absolute Gasteiger partial charge is 0.472 e. The van der Waals surface area contributed by atoms with Gasteiger partial charge in [0.1, 0.15) is 43.2 Å². The molecule has 6 N–H and O–H groups in total. The van der Waals surface area contributed by atoms with Crippen molar-refractivity contribution in [1.29, 1.82) is 0 Å². The van der Waals surface area contributed by atoms with Crippen LogP contribution in [-0.4, -0.2) is 98.3 Å². The molecule has 1 saturated carbocycles. The van der Waals surface area contributed by atoms with E-state index < -0.39 is 75.7 Å². The minimum Gasteiger partial charge on any atom is -0.462 e. The van der Waals surface area contributed by atoms with Gasteiger partial charge in [0.15, 0.2) is 6.10 Å². The summed E-state index contributed by atoms with van der Waals surface area (Å²) in [6.07, 6.45) is 27.3. The molecule has 0 radical (unpaired) electrons. The van der Waals surface area contributed by atoms with Gasteiger partial charge in [-0.2, -0.15) is 0 Å². The van der Waals surface area contributed by atoms with Gasteiger partial charge in [-0.15, -0.1) is 0 Å². The fourth-order valence-electron chi connectivity index (χ4n) is 6.46. The zero-order valence-corrected chi connectivity index (χ0v) is 36.9. The molecule has 0 amide bonds. The number of rotatable bonds is 36. The van der Waals surface area contributed by atoms with E-state index in [9.17, 15) is 44.6 Å². The van der Waals surface area contributed by atoms with Crippen molar-refractivity contribution in [3.63, 3.8) is 0 Å². The van der Waals surface area contributed by atoms with E-state index >= 15 is 0 Å². The molecule has 59 heavy (non-hydrogen) atoms. The molecule has 1 fully saturated rings. The Bertz CT molecular complexity index is 1220. The van der Waals surface area contributed by atoms with E-state index in [4.69, 9.17) is 18.5 Å². The van der Waals surface area contributed by atoms with Crippen molar-refractivity contribution in [3.05, 3.63) is 48.6 Å². The number of phosphoric acid groups is 1. The molecular formula is C45H79O13P. The first kappa shape index (κ1) is 54.8. The SMILES string of the molecule is CCCCC/C=C\C/C=C\CCCCCCCC(=O)OC[C@H](COP(=O)(O)OC1[C@H](O)[C@H](O)C(O)[C@H](O)[C@H]1O)OC(=O)CCCCCCC/C=C\C/C=C\CCCCC. The van der Waals surface area contributed by atoms with E-state index in [2.05, 4.69) is 62.5 Å². The maximum atomic E-state index is 12.8. The van der Waals surface area contributed by atoms with Crippen molar-refractivity contribution in [2.75, 3.05) is 13.2 Å². The molecule has 0 bridgehead atoms. The zero-order chi connectivity index (χ0) is 43.6. The van der Waals surface area contributed by atoms with Gasteiger partial charge in [-0.1, -0.05) is 127 Å². The summed E-state index contributed by atoms with van der Waals surface area (Å²) in [5, 5.41) is 50.1. The van der Waals surface area contributed by atoms with Crippen LogP contribution in [0.4, 0.5) is 0 Å². The lowest BCUT2D eigenvalue weighted by Crippen LogP contribution is -2.64. The molecule has 0 saturated heterocycles. The van der Waals surface area contributed by atoms with Crippen LogP contribution in [0.5, 0.6) is 0 Å². The highest BCUT2D eigenvalue weighted by atomic mass is 31.2. The summed E-state index contributed by atoms with van der Waals surface area (Å²) in [6.45, 7) is 3.21. The number of aliphatic hydroxyl groups is 5. The van der Waals surface area contributed by atoms with Crippen LogP contribution in [0.3, 0.4) is 0 Å². The summed E-state index contributed by atoms with van der Waals surface area (Å²) >= 11 is 0. The first-order chi connectivity index (χ1) is 28.4. The number of allylic oxidation sites excluding steroid dienone is 8. The first-order valence-corrected chi connectivity index (χ1v) is 23.9. The van der Waals surface area contributed by atoms with E-state index in [0.29, 0.717) is 12.8 Å². The third kappa shape index (κ3) is 28.1. The second-order valence-electron chi connectivity index (χ2n) is 15.5. The minimum absolute atomic E-state index is 0.0761. The van der Waals surface area contributed by atoms with Crippen molar-refractivity contribution in [1.82, 2.24) is 0 Å². The maximum Gasteiger partial charge on any atom is 0.472 e. The molecule has 13 nitrogen and oxygen atoms in total. The maximum absolute atomic E-state index is 12.8. The number of phosphoric ester groups is 1. The topological polar surface area (TPSA) is 210 Å². The fraction of sp³-hybridized carbons (Fsp3) is 0.778. The summed E-state index contributed by atoms with van der Waals surface area (Å²) in [5.74, 6) is -1.13. The van der Waals surface area contributed by atoms with Crippen LogP contribution in [0, 0.1) is 0 Å². The molecular weight excluding hydrogens is 779 g/mol. The van der Waals surface area contributed by atoms with Gasteiger partial charge in [-0.25, -0.2) is 4.57 Å². The second kappa shape index (κ2) is 35.4. The van der Waals surface area contributed by atoms with Gasteiger partial charge in [0.05, 0.1) is 6.61 Å². The van der Waals surface area contributed by atoms with Gasteiger partial charge in [0.2, 0.25) is 0 Å². The molecule has 3 unspecified atom stereocenters. The minimum atomic E-state index is -5.12. The van der Waals surface area contributed by atoms with Crippen LogP contribution in [0.15, 0.2) is 48.6 Å². The number of hydrogen-bond donors (Lipinski definition) is 6. The summed E-state index contributed by atoms with van der Waals surface area (Å²) in [6, 6.07) is 0. The van der Waals surface area contributed by atoms with E-state index in [1.807, 2.05) is 0 Å². The van der Waals surface area contributed by atoms with Gasteiger partial charge >= 0.3 is 19.8 Å². The smallest absolute Gasteiger partial charge is 0.462 e. The zero-order valence-electron chi connectivity index (χ0n) is 36.0. The molecule has 8 atom stereocenters. The third-order valence-electron chi connectivity index (χ3n) is 10.1. The predicted octanol–water partition coefficient (Wildman–Crippen LogP) is 8.39. The Morgan fingerprint density at radius 1 is 0.525 bits per heavy atom. The number of unbranched alkanes of at least 4 members (excludes halogenated alkanes) is 16. The molecule has 342 valence electrons. The van der Waals surface area contributed by atoms with Crippen LogP contribution in [0.2, 0.25) is 0 Å². The van der Waals surface area contributed by atoms with Crippen molar-refractivity contribution >= 4 is 19.8 Å². The summed E-state index contributed by atoms with van der Waals surface area (Å²) in [7, 11) is -5.12. The fourth-order valence-corrected chi connectivity index (χ4v) is 7.44. The number of esters is 2. The van der Waals surface area contributed by atoms with Crippen molar-refractivity contribution < 1.29 is 63.1 Å². The molecule has 0 heterocycles. The Labute approximate surface area is 354 Å². The molecule has 0 spiro atoms. The third-order valence-corrected chi connectivity index (χ3v) is 11.1. The number of ether oxygens (including phenoxy) is 2. The molecule has 0 aliphatic heterocycles. The number of aliphatic hydroxyl groups excluding tert-OH is 5. The quantitative estimate of drug-likeness (QED) is 0.0152. The van der Waals surface area contributed by atoms with Crippen LogP contribution in [0.1, 0.15) is 168 Å². The molecule has 0 aromatic rings. The summed E-state index contributed by atoms with van der Waals surface area (Å²) < 4.78 is 33.5. The molecule has 1 aliphatic rings. The molecule has 1 rings (SSSR count). The van der Waals surface area contributed by atoms with Gasteiger partial charge in [0.25, 0.3) is 0 Å². The monoisotopic (exact) mass is 859 g/mol. The average Bonchev–Trinajstić information content (AvgIpc) is 3.21. The second-order valence-corrected chi connectivity index (χ2v) is 16.9. The van der Waals surface area contributed by atoms with E-state index in [1.165, 1.54) is 38.5 Å². The average molecular weight is 859 g/mol. The van der Waals surface area contributed by atoms with Crippen molar-refractivity contribution in [3.8, 4) is 0 Å². The van der Waals surface area contributed by atoms with Gasteiger partial charge in [-0.05, 0) is 77.0 Å². The lowest BCUT2D eigenvalue weighted by atomic mass is 9.85. The normalized spacial score (nSPS) is 22.8. The molecule has 0 aromatic carbocycles. The van der Waals surface area contributed by atoms with E-state index in [1.54, 1.807) is 0 Å². The Kier molecular flexibility index (Phi) is 32.9. The predicted molar refractivity (Wildman–Crippen MR) is 230 cm³/mol. The van der Waals surface area contributed by atoms with Gasteiger partial charge < -0.3 is 39.9 Å². The Hall–Kier alpha value is -2.19. The van der Waals surface area contributed by atoms with E-state index in [0.717, 1.165) is 89.9 Å². The van der Waals surface area contributed by atoms with Crippen LogP contribution < -0.4 is 0 Å². The van der Waals surface area contributed by atoms with E-state index in [-0.39, 0.29) is 12.8 Å². The Morgan fingerprint density at radius 3 is 1.37 bits per heavy atom. The first-order valence-electron chi connectivity index (χ1n) is 22.4. The standard InChI is InChI=1S/C45H79O13P/c1-3-5-7-9-11-13-15-17-19-21-23-25-27-29-31-33-38(46)55-35-37(36-56-59(53,54)58-45-43(51)41(49)40(48)42(50)44(45)52)57-39(47)34-32-30-28-26-24-22-20-18-16-14-12-10-8-6-4-2/h11-14,17-20,37,40-45,48-52H,3-10,15-16,21-36H2,1-2H3,(H,53,54)/b13-11-,14-12-,19-17-,20-18-/t37-,40?,41-,42+,43-,44-,45?/m1/s1. The van der Waals surface area contributed by atoms with Crippen LogP contribution in [0.25, 0.3) is 0 Å². The Balaban J connectivity index is 2.50. The highest BCUT2D eigenvalue weighted by Gasteiger charge is 2.51. The van der Waals surface area contributed by atoms with Gasteiger partial charge in [0, 0.05) is 12.8 Å². The highest BCUT2D eigenvalue weighted by Crippen LogP contribution is 2.47. The molecule has 1 aliphatic carbocycles. The number of carbonyl (C=O) groups is 2. The van der Waals surface area contributed by atoms with Crippen molar-refractivity contribution in [2.45, 2.75) is 211 Å². The molecule has 0 aromatic heterocycles. The number of hydrogen-bond acceptors (Lipinski definition) is 12. The highest BCUT2D eigenvalue weighted by molar-refractivity contribution is 7.47. The number of carbonyl (C=O) groups excluding carboxylic acids is 2.